The number of nitrogen functional groups attached to an aromatic ring is 1. The van der Waals surface area contributed by atoms with Crippen molar-refractivity contribution in [2.75, 3.05) is 19.8 Å². The van der Waals surface area contributed by atoms with Crippen LogP contribution in [0.4, 0.5) is 10.6 Å². The number of carboxylic acid groups (broad SMARTS) is 1. The van der Waals surface area contributed by atoms with Crippen molar-refractivity contribution in [3.05, 3.63) is 72.8 Å². The molecular formula is C27H31N5O3. The van der Waals surface area contributed by atoms with E-state index in [2.05, 4.69) is 9.38 Å². The summed E-state index contributed by atoms with van der Waals surface area (Å²) in [5.74, 6) is 3.71. The Hall–Kier alpha value is -4.07. The van der Waals surface area contributed by atoms with Crippen LogP contribution in [0.1, 0.15) is 43.8 Å². The highest BCUT2D eigenvalue weighted by Crippen LogP contribution is 2.37. The molecule has 182 valence electrons. The maximum atomic E-state index is 9.62. The summed E-state index contributed by atoms with van der Waals surface area (Å²) in [6.07, 6.45) is 9.06. The van der Waals surface area contributed by atoms with Gasteiger partial charge >= 0.3 is 6.09 Å². The van der Waals surface area contributed by atoms with Crippen molar-refractivity contribution in [2.24, 2.45) is 0 Å². The number of amides is 1. The lowest BCUT2D eigenvalue weighted by molar-refractivity contribution is 0.165. The normalized spacial score (nSPS) is 13.7. The molecule has 8 heteroatoms. The van der Waals surface area contributed by atoms with Crippen molar-refractivity contribution < 1.29 is 14.6 Å². The highest BCUT2D eigenvalue weighted by atomic mass is 16.5. The van der Waals surface area contributed by atoms with E-state index in [1.54, 1.807) is 6.20 Å². The predicted octanol–water partition coefficient (Wildman–Crippen LogP) is 6.04. The number of imidazole rings is 1. The Balaban J connectivity index is 0.000000431. The number of fused-ring (bicyclic) bond motifs is 1. The monoisotopic (exact) mass is 473 g/mol. The Labute approximate surface area is 205 Å². The van der Waals surface area contributed by atoms with Gasteiger partial charge in [-0.2, -0.15) is 0 Å². The number of carbonyl (C=O) groups is 1. The fourth-order valence-corrected chi connectivity index (χ4v) is 4.24. The van der Waals surface area contributed by atoms with Crippen molar-refractivity contribution >= 4 is 17.4 Å². The van der Waals surface area contributed by atoms with Gasteiger partial charge < -0.3 is 20.5 Å². The van der Waals surface area contributed by atoms with Crippen LogP contribution in [0.5, 0.6) is 11.5 Å². The molecule has 0 atom stereocenters. The first-order chi connectivity index (χ1) is 16.9. The van der Waals surface area contributed by atoms with Crippen LogP contribution in [-0.2, 0) is 0 Å². The van der Waals surface area contributed by atoms with E-state index in [9.17, 15) is 4.79 Å². The highest BCUT2D eigenvalue weighted by molar-refractivity contribution is 5.85. The zero-order valence-electron chi connectivity index (χ0n) is 20.1. The first-order valence-electron chi connectivity index (χ1n) is 11.8. The number of para-hydroxylation sites is 1. The second kappa shape index (κ2) is 10.9. The molecule has 1 aliphatic carbocycles. The lowest BCUT2D eigenvalue weighted by atomic mass is 9.89. The molecule has 0 saturated heterocycles. The molecule has 0 spiro atoms. The number of benzene rings is 2. The molecule has 4 aromatic rings. The van der Waals surface area contributed by atoms with E-state index in [1.807, 2.05) is 60.8 Å². The van der Waals surface area contributed by atoms with Crippen LogP contribution in [0, 0.1) is 0 Å². The lowest BCUT2D eigenvalue weighted by Crippen LogP contribution is -2.18. The molecule has 5 rings (SSSR count). The van der Waals surface area contributed by atoms with E-state index < -0.39 is 6.09 Å². The van der Waals surface area contributed by atoms with Crippen molar-refractivity contribution in [1.29, 1.82) is 0 Å². The molecular weight excluding hydrogens is 442 g/mol. The van der Waals surface area contributed by atoms with E-state index in [0.717, 1.165) is 39.0 Å². The van der Waals surface area contributed by atoms with Crippen molar-refractivity contribution in [3.8, 4) is 22.8 Å². The summed E-state index contributed by atoms with van der Waals surface area (Å²) >= 11 is 0. The molecule has 1 aliphatic rings. The van der Waals surface area contributed by atoms with Gasteiger partial charge in [0.1, 0.15) is 34.4 Å². The fraction of sp³-hybridized carbons (Fsp3) is 0.296. The van der Waals surface area contributed by atoms with E-state index >= 15 is 0 Å². The van der Waals surface area contributed by atoms with Crippen LogP contribution in [-0.4, -0.2) is 44.6 Å². The largest absolute Gasteiger partial charge is 0.465 e. The highest BCUT2D eigenvalue weighted by Gasteiger charge is 2.24. The predicted molar refractivity (Wildman–Crippen MR) is 137 cm³/mol. The second-order valence-electron chi connectivity index (χ2n) is 8.80. The molecule has 1 fully saturated rings. The summed E-state index contributed by atoms with van der Waals surface area (Å²) in [7, 11) is 2.95. The van der Waals surface area contributed by atoms with Gasteiger partial charge in [-0.05, 0) is 49.2 Å². The van der Waals surface area contributed by atoms with Gasteiger partial charge in [0.2, 0.25) is 0 Å². The molecule has 35 heavy (non-hydrogen) atoms. The minimum absolute atomic E-state index is 0.479. The lowest BCUT2D eigenvalue weighted by Gasteiger charge is -2.20. The molecule has 3 N–H and O–H groups in total. The minimum atomic E-state index is -0.907. The molecule has 0 radical (unpaired) electrons. The van der Waals surface area contributed by atoms with Gasteiger partial charge in [0.25, 0.3) is 0 Å². The van der Waals surface area contributed by atoms with Crippen LogP contribution < -0.4 is 10.5 Å². The number of hydrogen-bond acceptors (Lipinski definition) is 5. The van der Waals surface area contributed by atoms with Gasteiger partial charge in [-0.15, -0.1) is 0 Å². The average molecular weight is 474 g/mol. The molecule has 2 heterocycles. The van der Waals surface area contributed by atoms with Gasteiger partial charge in [0.15, 0.2) is 0 Å². The molecule has 8 nitrogen and oxygen atoms in total. The average Bonchev–Trinajstić information content (AvgIpc) is 3.27. The molecule has 2 aromatic carbocycles. The third-order valence-corrected chi connectivity index (χ3v) is 6.07. The first-order valence-corrected chi connectivity index (χ1v) is 11.8. The summed E-state index contributed by atoms with van der Waals surface area (Å²) in [4.78, 5) is 20.1. The molecule has 2 aromatic heterocycles. The number of ether oxygens (including phenoxy) is 1. The Kier molecular flexibility index (Phi) is 7.50. The third-order valence-electron chi connectivity index (χ3n) is 6.07. The van der Waals surface area contributed by atoms with E-state index in [-0.39, 0.29) is 0 Å². The quantitative estimate of drug-likeness (QED) is 0.374. The first kappa shape index (κ1) is 24.1. The molecule has 1 amide bonds. The smallest absolute Gasteiger partial charge is 0.406 e. The summed E-state index contributed by atoms with van der Waals surface area (Å²) in [6, 6.07) is 17.8. The molecule has 0 unspecified atom stereocenters. The van der Waals surface area contributed by atoms with Gasteiger partial charge in [0.05, 0.1) is 0 Å². The summed E-state index contributed by atoms with van der Waals surface area (Å²) in [6.45, 7) is 0. The van der Waals surface area contributed by atoms with E-state index in [4.69, 9.17) is 20.6 Å². The Morgan fingerprint density at radius 3 is 2.29 bits per heavy atom. The number of anilines is 1. The van der Waals surface area contributed by atoms with Crippen LogP contribution in [0.3, 0.4) is 0 Å². The van der Waals surface area contributed by atoms with Crippen LogP contribution in [0.2, 0.25) is 0 Å². The maximum absolute atomic E-state index is 9.62. The zero-order valence-corrected chi connectivity index (χ0v) is 20.1. The second-order valence-corrected chi connectivity index (χ2v) is 8.80. The number of rotatable bonds is 4. The van der Waals surface area contributed by atoms with E-state index in [1.165, 1.54) is 46.2 Å². The van der Waals surface area contributed by atoms with Gasteiger partial charge in [-0.1, -0.05) is 37.5 Å². The Morgan fingerprint density at radius 1 is 1.03 bits per heavy atom. The summed E-state index contributed by atoms with van der Waals surface area (Å²) in [5.41, 5.74) is 9.08. The Morgan fingerprint density at radius 2 is 1.66 bits per heavy atom. The van der Waals surface area contributed by atoms with Crippen LogP contribution in [0.25, 0.3) is 16.8 Å². The van der Waals surface area contributed by atoms with Crippen molar-refractivity contribution in [2.45, 2.75) is 38.0 Å². The summed E-state index contributed by atoms with van der Waals surface area (Å²) < 4.78 is 8.06. The van der Waals surface area contributed by atoms with Crippen LogP contribution in [0.15, 0.2) is 67.0 Å². The Bertz CT molecular complexity index is 1260. The zero-order chi connectivity index (χ0) is 24.8. The van der Waals surface area contributed by atoms with Gasteiger partial charge in [-0.25, -0.2) is 14.8 Å². The number of aromatic nitrogens is 3. The molecule has 0 aliphatic heterocycles. The number of nitrogens with two attached hydrogens (primary N) is 1. The molecule has 1 saturated carbocycles. The third kappa shape index (κ3) is 5.71. The SMILES string of the molecule is CN(C)C(=O)O.Nc1nccn2c(C3CCCCC3)nc(-c3ccc(Oc4ccccc4)cc3)c12. The summed E-state index contributed by atoms with van der Waals surface area (Å²) in [5, 5.41) is 7.92. The van der Waals surface area contributed by atoms with Gasteiger partial charge in [-0.3, -0.25) is 4.40 Å². The number of nitrogens with zero attached hydrogens (tertiary/aromatic N) is 4. The standard InChI is InChI=1S/C24H24N4O.C3H7NO2/c25-23-22-21(17-11-13-20(14-12-17)29-19-9-5-2-6-10-19)27-24(28(22)16-15-26-23)18-7-3-1-4-8-18;1-4(2)3(5)6/h2,5-6,9-16,18H,1,3-4,7-8H2,(H2,25,26);1-2H3,(H,5,6). The van der Waals surface area contributed by atoms with Crippen molar-refractivity contribution in [1.82, 2.24) is 19.3 Å². The van der Waals surface area contributed by atoms with Gasteiger partial charge in [0, 0.05) is 38.0 Å². The van der Waals surface area contributed by atoms with Crippen molar-refractivity contribution in [3.63, 3.8) is 0 Å². The fourth-order valence-electron chi connectivity index (χ4n) is 4.24. The topological polar surface area (TPSA) is 106 Å². The van der Waals surface area contributed by atoms with Crippen LogP contribution >= 0.6 is 0 Å². The minimum Gasteiger partial charge on any atom is -0.465 e. The van der Waals surface area contributed by atoms with E-state index in [0.29, 0.717) is 11.7 Å². The number of hydrogen-bond donors (Lipinski definition) is 2. The molecule has 0 bridgehead atoms. The maximum Gasteiger partial charge on any atom is 0.406 e.